The van der Waals surface area contributed by atoms with Crippen LogP contribution >= 0.6 is 7.82 Å². The van der Waals surface area contributed by atoms with E-state index in [9.17, 15) is 19.0 Å². The van der Waals surface area contributed by atoms with E-state index in [1.165, 1.54) is 64.2 Å². The highest BCUT2D eigenvalue weighted by molar-refractivity contribution is 7.47. The Kier molecular flexibility index (Phi) is 33.0. The summed E-state index contributed by atoms with van der Waals surface area (Å²) in [4.78, 5) is 35.2. The predicted molar refractivity (Wildman–Crippen MR) is 215 cm³/mol. The van der Waals surface area contributed by atoms with E-state index >= 15 is 0 Å². The molecule has 0 fully saturated rings. The minimum atomic E-state index is -4.39. The number of allylic oxidation sites excluding steroid dienone is 9. The first-order valence-electron chi connectivity index (χ1n) is 20.0. The summed E-state index contributed by atoms with van der Waals surface area (Å²) in [6.07, 6.45) is 40.1. The number of hydrogen-bond acceptors (Lipinski definition) is 7. The van der Waals surface area contributed by atoms with E-state index in [1.54, 1.807) is 6.08 Å². The Labute approximate surface area is 317 Å². The van der Waals surface area contributed by atoms with Crippen LogP contribution in [0.15, 0.2) is 60.8 Å². The van der Waals surface area contributed by atoms with Gasteiger partial charge in [0, 0.05) is 6.42 Å². The number of phosphoric ester groups is 1. The van der Waals surface area contributed by atoms with Gasteiger partial charge in [0.25, 0.3) is 0 Å². The number of rotatable bonds is 35. The summed E-state index contributed by atoms with van der Waals surface area (Å²) in [6.45, 7) is 4.17. The summed E-state index contributed by atoms with van der Waals surface area (Å²) < 4.78 is 34.0. The lowest BCUT2D eigenvalue weighted by Crippen LogP contribution is -2.37. The average molecular weight is 753 g/mol. The molecule has 0 amide bonds. The van der Waals surface area contributed by atoms with Crippen LogP contribution in [0.5, 0.6) is 0 Å². The molecule has 0 spiro atoms. The van der Waals surface area contributed by atoms with Crippen LogP contribution in [-0.4, -0.2) is 74.9 Å². The summed E-state index contributed by atoms with van der Waals surface area (Å²) in [5.74, 6) is -0.949. The topological polar surface area (TPSA) is 108 Å². The molecule has 9 nitrogen and oxygen atoms in total. The molecule has 0 aromatic heterocycles. The molecule has 0 radical (unpaired) electrons. The van der Waals surface area contributed by atoms with Gasteiger partial charge in [0.05, 0.1) is 34.2 Å². The molecule has 0 aliphatic carbocycles. The maximum absolute atomic E-state index is 12.6. The second kappa shape index (κ2) is 34.5. The van der Waals surface area contributed by atoms with Crippen LogP contribution in [0, 0.1) is 0 Å². The molecule has 0 aliphatic heterocycles. The van der Waals surface area contributed by atoms with Crippen molar-refractivity contribution in [3.8, 4) is 0 Å². The number of ether oxygens (including phenoxy) is 2. The number of nitrogens with zero attached hydrogens (tertiary/aromatic N) is 1. The zero-order chi connectivity index (χ0) is 38.6. The van der Waals surface area contributed by atoms with Crippen molar-refractivity contribution in [2.24, 2.45) is 0 Å². The number of likely N-dealkylation sites (N-methyl/N-ethyl adjacent to an activating group) is 1. The van der Waals surface area contributed by atoms with Crippen molar-refractivity contribution in [1.29, 1.82) is 0 Å². The molecule has 2 atom stereocenters. The zero-order valence-corrected chi connectivity index (χ0v) is 34.4. The molecule has 1 N–H and O–H groups in total. The third-order valence-corrected chi connectivity index (χ3v) is 9.08. The van der Waals surface area contributed by atoms with Gasteiger partial charge in [0.2, 0.25) is 0 Å². The normalized spacial score (nSPS) is 14.3. The van der Waals surface area contributed by atoms with Crippen molar-refractivity contribution in [3.63, 3.8) is 0 Å². The van der Waals surface area contributed by atoms with Gasteiger partial charge in [0.15, 0.2) is 6.10 Å². The Morgan fingerprint density at radius 3 is 1.56 bits per heavy atom. The Balaban J connectivity index is 4.57. The van der Waals surface area contributed by atoms with Gasteiger partial charge in [-0.15, -0.1) is 0 Å². The van der Waals surface area contributed by atoms with Crippen LogP contribution < -0.4 is 0 Å². The fourth-order valence-corrected chi connectivity index (χ4v) is 5.71. The largest absolute Gasteiger partial charge is 0.472 e. The molecule has 2 unspecified atom stereocenters. The van der Waals surface area contributed by atoms with E-state index in [-0.39, 0.29) is 26.1 Å². The summed E-state index contributed by atoms with van der Waals surface area (Å²) >= 11 is 0. The molecule has 0 rings (SSSR count). The fraction of sp³-hybridized carbons (Fsp3) is 0.714. The summed E-state index contributed by atoms with van der Waals surface area (Å²) in [5, 5.41) is 0. The van der Waals surface area contributed by atoms with Gasteiger partial charge in [-0.05, 0) is 38.5 Å². The van der Waals surface area contributed by atoms with Crippen molar-refractivity contribution in [2.75, 3.05) is 47.5 Å². The quantitative estimate of drug-likeness (QED) is 0.0224. The predicted octanol–water partition coefficient (Wildman–Crippen LogP) is 10.9. The first kappa shape index (κ1) is 49.7. The van der Waals surface area contributed by atoms with Gasteiger partial charge in [-0.3, -0.25) is 18.6 Å². The average Bonchev–Trinajstić information content (AvgIpc) is 3.09. The summed E-state index contributed by atoms with van der Waals surface area (Å²) in [7, 11) is 1.41. The highest BCUT2D eigenvalue weighted by Gasteiger charge is 2.26. The number of hydrogen-bond donors (Lipinski definition) is 1. The van der Waals surface area contributed by atoms with Crippen molar-refractivity contribution in [3.05, 3.63) is 60.8 Å². The fourth-order valence-electron chi connectivity index (χ4n) is 4.97. The van der Waals surface area contributed by atoms with Gasteiger partial charge in [-0.2, -0.15) is 0 Å². The first-order valence-corrected chi connectivity index (χ1v) is 21.5. The summed E-state index contributed by atoms with van der Waals surface area (Å²) in [5.41, 5.74) is 0. The number of quaternary nitrogens is 1. The second-order valence-corrected chi connectivity index (χ2v) is 15.8. The van der Waals surface area contributed by atoms with Crippen molar-refractivity contribution in [1.82, 2.24) is 0 Å². The molecule has 0 aromatic carbocycles. The van der Waals surface area contributed by atoms with Crippen molar-refractivity contribution >= 4 is 19.8 Å². The molecule has 0 aromatic rings. The van der Waals surface area contributed by atoms with E-state index in [4.69, 9.17) is 18.5 Å². The van der Waals surface area contributed by atoms with Gasteiger partial charge < -0.3 is 18.9 Å². The first-order chi connectivity index (χ1) is 25.0. The van der Waals surface area contributed by atoms with E-state index in [1.807, 2.05) is 33.3 Å². The molecular formula is C42H75NO8P+. The van der Waals surface area contributed by atoms with Crippen LogP contribution in [0.2, 0.25) is 0 Å². The monoisotopic (exact) mass is 753 g/mol. The lowest BCUT2D eigenvalue weighted by Gasteiger charge is -2.24. The third kappa shape index (κ3) is 37.5. The standard InChI is InChI=1S/C42H74NO8P/c1-6-8-10-12-14-16-18-20-21-23-25-27-29-31-33-35-42(45)51-40(39-50-52(46,47)49-37-36-43(3,4)5)38-48-41(44)34-32-30-28-26-24-22-19-17-15-13-11-9-7-2/h8,10,14,16,20-21,25,27,31,33,40H,6-7,9,11-13,15,17-19,22-24,26,28-30,32,34-39H2,1-5H3/p+1/b10-8-,16-14-,21-20-,27-25-,33-31-. The van der Waals surface area contributed by atoms with Crippen LogP contribution in [0.4, 0.5) is 0 Å². The molecule has 0 saturated heterocycles. The minimum absolute atomic E-state index is 0.00765. The molecule has 10 heteroatoms. The van der Waals surface area contributed by atoms with E-state index in [0.717, 1.165) is 44.9 Å². The number of carbonyl (C=O) groups excluding carboxylic acids is 2. The number of carbonyl (C=O) groups is 2. The van der Waals surface area contributed by atoms with Crippen LogP contribution in [-0.2, 0) is 32.7 Å². The SMILES string of the molecule is CC/C=C\C/C=C\C/C=C\C/C=C\C/C=C\CC(=O)OC(COC(=O)CCCCCCCCCCCCCCC)COP(=O)(O)OCC[N+](C)(C)C. The third-order valence-electron chi connectivity index (χ3n) is 8.10. The molecule has 52 heavy (non-hydrogen) atoms. The van der Waals surface area contributed by atoms with Crippen LogP contribution in [0.3, 0.4) is 0 Å². The van der Waals surface area contributed by atoms with Gasteiger partial charge in [-0.25, -0.2) is 4.57 Å². The second-order valence-electron chi connectivity index (χ2n) is 14.3. The maximum atomic E-state index is 12.6. The number of unbranched alkanes of at least 4 members (excludes halogenated alkanes) is 12. The lowest BCUT2D eigenvalue weighted by molar-refractivity contribution is -0.870. The van der Waals surface area contributed by atoms with Gasteiger partial charge >= 0.3 is 19.8 Å². The lowest BCUT2D eigenvalue weighted by atomic mass is 10.0. The van der Waals surface area contributed by atoms with E-state index in [2.05, 4.69) is 56.4 Å². The molecule has 0 bridgehead atoms. The Bertz CT molecular complexity index is 1080. The Morgan fingerprint density at radius 2 is 1.08 bits per heavy atom. The number of esters is 2. The van der Waals surface area contributed by atoms with Crippen LogP contribution in [0.25, 0.3) is 0 Å². The molecule has 300 valence electrons. The highest BCUT2D eigenvalue weighted by atomic mass is 31.2. The number of phosphoric acid groups is 1. The van der Waals surface area contributed by atoms with Gasteiger partial charge in [0.1, 0.15) is 19.8 Å². The molecule has 0 saturated carbocycles. The van der Waals surface area contributed by atoms with Gasteiger partial charge in [-0.1, -0.05) is 152 Å². The smallest absolute Gasteiger partial charge is 0.462 e. The van der Waals surface area contributed by atoms with E-state index in [0.29, 0.717) is 17.4 Å². The molecule has 0 aliphatic rings. The van der Waals surface area contributed by atoms with Crippen molar-refractivity contribution in [2.45, 2.75) is 148 Å². The minimum Gasteiger partial charge on any atom is -0.462 e. The maximum Gasteiger partial charge on any atom is 0.472 e. The summed E-state index contributed by atoms with van der Waals surface area (Å²) in [6, 6.07) is 0. The highest BCUT2D eigenvalue weighted by Crippen LogP contribution is 2.43. The Hall–Kier alpha value is -2.29. The molecule has 0 heterocycles. The molecular weight excluding hydrogens is 677 g/mol. The van der Waals surface area contributed by atoms with E-state index < -0.39 is 32.5 Å². The van der Waals surface area contributed by atoms with Crippen LogP contribution in [0.1, 0.15) is 142 Å². The zero-order valence-electron chi connectivity index (χ0n) is 33.5. The Morgan fingerprint density at radius 1 is 0.615 bits per heavy atom. The van der Waals surface area contributed by atoms with Crippen molar-refractivity contribution < 1.29 is 42.1 Å².